The van der Waals surface area contributed by atoms with Gasteiger partial charge in [-0.2, -0.15) is 0 Å². The van der Waals surface area contributed by atoms with Gasteiger partial charge >= 0.3 is 6.09 Å². The summed E-state index contributed by atoms with van der Waals surface area (Å²) in [6.07, 6.45) is 2.33. The molecule has 0 unspecified atom stereocenters. The summed E-state index contributed by atoms with van der Waals surface area (Å²) in [5.41, 5.74) is 0. The van der Waals surface area contributed by atoms with E-state index in [0.717, 1.165) is 12.5 Å². The van der Waals surface area contributed by atoms with Crippen molar-refractivity contribution in [2.45, 2.75) is 18.9 Å². The summed E-state index contributed by atoms with van der Waals surface area (Å²) < 4.78 is 4.59. The first-order valence-corrected chi connectivity index (χ1v) is 3.67. The van der Waals surface area contributed by atoms with Gasteiger partial charge in [-0.15, -0.1) is 0 Å². The molecule has 0 aromatic rings. The zero-order valence-electron chi connectivity index (χ0n) is 6.04. The second-order valence-corrected chi connectivity index (χ2v) is 3.03. The molecule has 2 fully saturated rings. The lowest BCUT2D eigenvalue weighted by atomic mass is 9.71. The van der Waals surface area contributed by atoms with Gasteiger partial charge in [0.25, 0.3) is 0 Å². The summed E-state index contributed by atoms with van der Waals surface area (Å²) in [4.78, 5) is 12.7. The fourth-order valence-corrected chi connectivity index (χ4v) is 1.75. The third-order valence-electron chi connectivity index (χ3n) is 2.62. The molecule has 0 aromatic heterocycles. The standard InChI is InChI=1S/C7H11NO2/c1-10-7(9)8-4-5-2-3-6(5)8/h5-6H,2-4H2,1H3/t5-,6-/m0/s1. The molecule has 56 valence electrons. The van der Waals surface area contributed by atoms with Crippen LogP contribution in [0.15, 0.2) is 0 Å². The molecule has 0 aromatic carbocycles. The zero-order valence-corrected chi connectivity index (χ0v) is 6.04. The summed E-state index contributed by atoms with van der Waals surface area (Å²) in [6, 6.07) is 0.535. The summed E-state index contributed by atoms with van der Waals surface area (Å²) in [6.45, 7) is 0.928. The second kappa shape index (κ2) is 1.87. The number of likely N-dealkylation sites (tertiary alicyclic amines) is 1. The monoisotopic (exact) mass is 141 g/mol. The van der Waals surface area contributed by atoms with E-state index >= 15 is 0 Å². The van der Waals surface area contributed by atoms with Crippen LogP contribution in [-0.2, 0) is 4.74 Å². The molecular weight excluding hydrogens is 130 g/mol. The average Bonchev–Trinajstić information content (AvgIpc) is 1.93. The van der Waals surface area contributed by atoms with Crippen molar-refractivity contribution >= 4 is 6.09 Å². The van der Waals surface area contributed by atoms with Gasteiger partial charge in [-0.25, -0.2) is 4.79 Å². The van der Waals surface area contributed by atoms with Gasteiger partial charge in [-0.05, 0) is 18.8 Å². The van der Waals surface area contributed by atoms with E-state index in [1.165, 1.54) is 20.0 Å². The van der Waals surface area contributed by atoms with E-state index in [4.69, 9.17) is 0 Å². The lowest BCUT2D eigenvalue weighted by Crippen LogP contribution is -2.63. The molecule has 0 bridgehead atoms. The Morgan fingerprint density at radius 3 is 2.70 bits per heavy atom. The van der Waals surface area contributed by atoms with Crippen molar-refractivity contribution in [2.24, 2.45) is 5.92 Å². The second-order valence-electron chi connectivity index (χ2n) is 3.03. The molecular formula is C7H11NO2. The van der Waals surface area contributed by atoms with E-state index in [1.807, 2.05) is 4.90 Å². The van der Waals surface area contributed by atoms with Crippen LogP contribution in [0.2, 0.25) is 0 Å². The van der Waals surface area contributed by atoms with Gasteiger partial charge in [0.15, 0.2) is 0 Å². The maximum atomic E-state index is 10.9. The van der Waals surface area contributed by atoms with E-state index < -0.39 is 0 Å². The molecule has 1 saturated heterocycles. The first-order valence-electron chi connectivity index (χ1n) is 3.67. The molecule has 10 heavy (non-hydrogen) atoms. The van der Waals surface area contributed by atoms with Crippen molar-refractivity contribution in [3.05, 3.63) is 0 Å². The molecule has 1 aliphatic carbocycles. The number of nitrogens with zero attached hydrogens (tertiary/aromatic N) is 1. The Labute approximate surface area is 60.0 Å². The normalized spacial score (nSPS) is 35.5. The van der Waals surface area contributed by atoms with E-state index in [0.29, 0.717) is 6.04 Å². The number of carbonyl (C=O) groups is 1. The average molecular weight is 141 g/mol. The van der Waals surface area contributed by atoms with Crippen molar-refractivity contribution in [1.82, 2.24) is 4.90 Å². The molecule has 1 aliphatic heterocycles. The highest BCUT2D eigenvalue weighted by Crippen LogP contribution is 2.41. The van der Waals surface area contributed by atoms with Crippen molar-refractivity contribution in [2.75, 3.05) is 13.7 Å². The van der Waals surface area contributed by atoms with Crippen LogP contribution < -0.4 is 0 Å². The maximum Gasteiger partial charge on any atom is 0.409 e. The van der Waals surface area contributed by atoms with Gasteiger partial charge in [0.2, 0.25) is 0 Å². The highest BCUT2D eigenvalue weighted by Gasteiger charge is 2.48. The predicted molar refractivity (Wildman–Crippen MR) is 35.6 cm³/mol. The molecule has 0 radical (unpaired) electrons. The Hall–Kier alpha value is -0.730. The maximum absolute atomic E-state index is 10.9. The van der Waals surface area contributed by atoms with E-state index in [1.54, 1.807) is 0 Å². The lowest BCUT2D eigenvalue weighted by Gasteiger charge is -2.54. The van der Waals surface area contributed by atoms with Gasteiger partial charge in [-0.1, -0.05) is 0 Å². The van der Waals surface area contributed by atoms with Gasteiger partial charge in [-0.3, -0.25) is 0 Å². The van der Waals surface area contributed by atoms with E-state index in [2.05, 4.69) is 4.74 Å². The van der Waals surface area contributed by atoms with Gasteiger partial charge in [0, 0.05) is 12.6 Å². The molecule has 2 atom stereocenters. The van der Waals surface area contributed by atoms with Crippen LogP contribution >= 0.6 is 0 Å². The van der Waals surface area contributed by atoms with Crippen LogP contribution in [-0.4, -0.2) is 30.7 Å². The minimum atomic E-state index is -0.152. The van der Waals surface area contributed by atoms with Crippen LogP contribution in [0.3, 0.4) is 0 Å². The quantitative estimate of drug-likeness (QED) is 0.500. The summed E-state index contributed by atoms with van der Waals surface area (Å²) >= 11 is 0. The van der Waals surface area contributed by atoms with Crippen molar-refractivity contribution < 1.29 is 9.53 Å². The summed E-state index contributed by atoms with van der Waals surface area (Å²) in [5, 5.41) is 0. The van der Waals surface area contributed by atoms with Crippen molar-refractivity contribution in [1.29, 1.82) is 0 Å². The number of amides is 1. The molecule has 2 aliphatic rings. The molecule has 1 saturated carbocycles. The largest absolute Gasteiger partial charge is 0.453 e. The number of carbonyl (C=O) groups excluding carboxylic acids is 1. The van der Waals surface area contributed by atoms with Crippen LogP contribution in [0.1, 0.15) is 12.8 Å². The molecule has 1 amide bonds. The highest BCUT2D eigenvalue weighted by molar-refractivity contribution is 5.69. The highest BCUT2D eigenvalue weighted by atomic mass is 16.5. The number of piperidine rings is 1. The third kappa shape index (κ3) is 0.576. The van der Waals surface area contributed by atoms with E-state index in [9.17, 15) is 4.79 Å². The zero-order chi connectivity index (χ0) is 7.14. The number of hydrogen-bond donors (Lipinski definition) is 0. The van der Waals surface area contributed by atoms with E-state index in [-0.39, 0.29) is 6.09 Å². The summed E-state index contributed by atoms with van der Waals surface area (Å²) in [7, 11) is 1.44. The Kier molecular flexibility index (Phi) is 1.13. The molecule has 2 rings (SSSR count). The molecule has 0 N–H and O–H groups in total. The first-order chi connectivity index (χ1) is 4.83. The summed E-state index contributed by atoms with van der Waals surface area (Å²) in [5.74, 6) is 0.805. The number of ether oxygens (including phenoxy) is 1. The Morgan fingerprint density at radius 1 is 1.60 bits per heavy atom. The topological polar surface area (TPSA) is 29.5 Å². The lowest BCUT2D eigenvalue weighted by molar-refractivity contribution is -0.0451. The Bertz CT molecular complexity index is 169. The third-order valence-corrected chi connectivity index (χ3v) is 2.62. The van der Waals surface area contributed by atoms with Crippen molar-refractivity contribution in [3.8, 4) is 0 Å². The fraction of sp³-hybridized carbons (Fsp3) is 0.857. The number of hydrogen-bond acceptors (Lipinski definition) is 2. The first kappa shape index (κ1) is 6.01. The van der Waals surface area contributed by atoms with Crippen molar-refractivity contribution in [3.63, 3.8) is 0 Å². The Balaban J connectivity index is 1.91. The van der Waals surface area contributed by atoms with Crippen LogP contribution in [0, 0.1) is 5.92 Å². The smallest absolute Gasteiger partial charge is 0.409 e. The van der Waals surface area contributed by atoms with Gasteiger partial charge in [0.05, 0.1) is 7.11 Å². The predicted octanol–water partition coefficient (Wildman–Crippen LogP) is 0.847. The molecule has 1 heterocycles. The minimum absolute atomic E-state index is 0.152. The van der Waals surface area contributed by atoms with Crippen LogP contribution in [0.4, 0.5) is 4.79 Å². The Morgan fingerprint density at radius 2 is 2.40 bits per heavy atom. The molecule has 0 spiro atoms. The number of rotatable bonds is 0. The molecule has 3 nitrogen and oxygen atoms in total. The van der Waals surface area contributed by atoms with Crippen LogP contribution in [0.25, 0.3) is 0 Å². The number of fused-ring (bicyclic) bond motifs is 1. The minimum Gasteiger partial charge on any atom is -0.453 e. The van der Waals surface area contributed by atoms with Gasteiger partial charge < -0.3 is 9.64 Å². The SMILES string of the molecule is COC(=O)N1C[C@@H]2CC[C@@H]21. The number of methoxy groups -OCH3 is 1. The fourth-order valence-electron chi connectivity index (χ4n) is 1.75. The van der Waals surface area contributed by atoms with Crippen LogP contribution in [0.5, 0.6) is 0 Å². The van der Waals surface area contributed by atoms with Gasteiger partial charge in [0.1, 0.15) is 0 Å². The molecule has 3 heteroatoms.